The highest BCUT2D eigenvalue weighted by Gasteiger charge is 2.56. The number of allylic oxidation sites excluding steroid dienone is 1. The number of hydrogen-bond donors (Lipinski definition) is 2. The van der Waals surface area contributed by atoms with Crippen molar-refractivity contribution in [2.24, 2.45) is 17.8 Å². The molecule has 0 radical (unpaired) electrons. The number of fused-ring (bicyclic) bond motifs is 3. The maximum Gasteiger partial charge on any atom is 0.455 e. The summed E-state index contributed by atoms with van der Waals surface area (Å²) in [6.07, 6.45) is 4.83. The predicted molar refractivity (Wildman–Crippen MR) is 155 cm³/mol. The first-order valence-electron chi connectivity index (χ1n) is 14.3. The molecule has 0 unspecified atom stereocenters. The van der Waals surface area contributed by atoms with E-state index in [1.165, 1.54) is 11.9 Å². The van der Waals surface area contributed by atoms with Crippen LogP contribution in [0.5, 0.6) is 5.75 Å². The molecule has 2 fully saturated rings. The van der Waals surface area contributed by atoms with Gasteiger partial charge in [-0.2, -0.15) is 0 Å². The molecule has 216 valence electrons. The molecule has 2 aliphatic heterocycles. The van der Waals surface area contributed by atoms with Crippen LogP contribution in [0.3, 0.4) is 0 Å². The molecule has 4 atom stereocenters. The van der Waals surface area contributed by atoms with Crippen molar-refractivity contribution < 1.29 is 33.5 Å². The first-order valence-corrected chi connectivity index (χ1v) is 14.3. The molecule has 2 saturated heterocycles. The number of carbonyl (C=O) groups excluding carboxylic acids is 2. The number of aromatic nitrogens is 1. The van der Waals surface area contributed by atoms with Crippen LogP contribution in [0, 0.1) is 17.8 Å². The van der Waals surface area contributed by atoms with Crippen LogP contribution in [-0.2, 0) is 20.9 Å². The van der Waals surface area contributed by atoms with Crippen molar-refractivity contribution in [1.82, 2.24) is 9.88 Å². The van der Waals surface area contributed by atoms with Crippen LogP contribution < -0.4 is 4.74 Å². The third kappa shape index (κ3) is 5.57. The molecule has 1 aliphatic carbocycles. The van der Waals surface area contributed by atoms with E-state index in [2.05, 4.69) is 4.98 Å². The molecule has 1 aromatic carbocycles. The number of imide groups is 1. The number of para-hydroxylation sites is 1. The van der Waals surface area contributed by atoms with Crippen molar-refractivity contribution in [3.63, 3.8) is 0 Å². The number of rotatable bonds is 9. The summed E-state index contributed by atoms with van der Waals surface area (Å²) >= 11 is 0. The monoisotopic (exact) mass is 568 g/mol. The van der Waals surface area contributed by atoms with E-state index in [0.29, 0.717) is 36.5 Å². The summed E-state index contributed by atoms with van der Waals surface area (Å²) in [5, 5.41) is 20.3. The van der Waals surface area contributed by atoms with Crippen LogP contribution >= 0.6 is 0 Å². The molecule has 2 amide bonds. The van der Waals surface area contributed by atoms with Crippen LogP contribution in [-0.4, -0.2) is 58.7 Å². The predicted octanol–water partition coefficient (Wildman–Crippen LogP) is 3.99. The van der Waals surface area contributed by atoms with Crippen LogP contribution in [0.2, 0.25) is 6.32 Å². The topological polar surface area (TPSA) is 122 Å². The number of ether oxygens (including phenoxy) is 1. The minimum absolute atomic E-state index is 0.181. The summed E-state index contributed by atoms with van der Waals surface area (Å²) in [6.45, 7) is 0.0714. The van der Waals surface area contributed by atoms with E-state index in [1.54, 1.807) is 18.3 Å². The zero-order valence-corrected chi connectivity index (χ0v) is 23.4. The van der Waals surface area contributed by atoms with Gasteiger partial charge in [0.25, 0.3) is 0 Å². The highest BCUT2D eigenvalue weighted by atomic mass is 16.5. The highest BCUT2D eigenvalue weighted by Crippen LogP contribution is 2.50. The molecule has 9 nitrogen and oxygen atoms in total. The summed E-state index contributed by atoms with van der Waals surface area (Å²) in [7, 11) is 0.476. The molecule has 0 bridgehead atoms. The van der Waals surface area contributed by atoms with Gasteiger partial charge in [-0.3, -0.25) is 19.5 Å². The Morgan fingerprint density at radius 2 is 1.90 bits per heavy atom. The number of likely N-dealkylation sites (tertiary alicyclic amines) is 1. The number of aliphatic hydroxyl groups excluding tert-OH is 1. The molecule has 10 heteroatoms. The fraction of sp³-hybridized carbons (Fsp3) is 0.344. The SMILES string of the molecule is CN1C(=O)[C@@H]2[C@@H](CC(COc3ccccc3)=C3[C@@H](CC/C(=C/c4ccc(CO)o4)c4ccccn4)OB(O)C[C@@H]32)C1=O. The Morgan fingerprint density at radius 1 is 1.10 bits per heavy atom. The molecule has 0 saturated carbocycles. The maximum atomic E-state index is 13.3. The van der Waals surface area contributed by atoms with Crippen molar-refractivity contribution in [2.75, 3.05) is 13.7 Å². The molecule has 3 aliphatic rings. The minimum Gasteiger partial charge on any atom is -0.489 e. The lowest BCUT2D eigenvalue weighted by Crippen LogP contribution is -2.46. The standard InChI is InChI=1S/C32H33BN2O7/c1-35-31(37)25-16-21(19-40-22-7-3-2-4-8-22)29-26(30(25)32(35)38)17-33(39)42-28(29)13-10-20(27-9-5-6-14-34-27)15-23-11-12-24(18-36)41-23/h2-9,11-12,14-15,25-26,28,30,36,39H,10,13,16-19H2,1H3/b20-15-/t25-,26+,28-,30-/m1/s1. The van der Waals surface area contributed by atoms with Crippen molar-refractivity contribution in [2.45, 2.75) is 38.3 Å². The molecule has 2 N–H and O–H groups in total. The Balaban J connectivity index is 1.33. The number of hydrogen-bond acceptors (Lipinski definition) is 8. The number of nitrogens with zero attached hydrogens (tertiary/aromatic N) is 2. The van der Waals surface area contributed by atoms with Gasteiger partial charge in [-0.15, -0.1) is 0 Å². The van der Waals surface area contributed by atoms with E-state index in [1.807, 2.05) is 54.6 Å². The lowest BCUT2D eigenvalue weighted by atomic mass is 9.58. The fourth-order valence-electron chi connectivity index (χ4n) is 6.58. The van der Waals surface area contributed by atoms with Gasteiger partial charge in [0.15, 0.2) is 0 Å². The molecule has 4 heterocycles. The van der Waals surface area contributed by atoms with Crippen molar-refractivity contribution in [3.05, 3.63) is 95.2 Å². The van der Waals surface area contributed by atoms with Crippen LogP contribution in [0.15, 0.2) is 82.4 Å². The Bertz CT molecular complexity index is 1500. The molecule has 0 spiro atoms. The normalized spacial score (nSPS) is 24.2. The molecular formula is C32H33BN2O7. The quantitative estimate of drug-likeness (QED) is 0.226. The van der Waals surface area contributed by atoms with E-state index in [0.717, 1.165) is 22.4 Å². The number of carbonyl (C=O) groups is 2. The van der Waals surface area contributed by atoms with Crippen LogP contribution in [0.4, 0.5) is 0 Å². The van der Waals surface area contributed by atoms with E-state index >= 15 is 0 Å². The van der Waals surface area contributed by atoms with Crippen LogP contribution in [0.25, 0.3) is 11.6 Å². The van der Waals surface area contributed by atoms with E-state index < -0.39 is 25.1 Å². The van der Waals surface area contributed by atoms with Gasteiger partial charge in [-0.25, -0.2) is 0 Å². The minimum atomic E-state index is -1.06. The second-order valence-corrected chi connectivity index (χ2v) is 11.0. The van der Waals surface area contributed by atoms with E-state index in [-0.39, 0.29) is 37.3 Å². The lowest BCUT2D eigenvalue weighted by molar-refractivity contribution is -0.138. The van der Waals surface area contributed by atoms with Gasteiger partial charge in [0.1, 0.15) is 30.5 Å². The van der Waals surface area contributed by atoms with Gasteiger partial charge in [0, 0.05) is 13.2 Å². The van der Waals surface area contributed by atoms with Gasteiger partial charge in [-0.05, 0) is 90.7 Å². The third-order valence-corrected chi connectivity index (χ3v) is 8.51. The second-order valence-electron chi connectivity index (χ2n) is 11.0. The Morgan fingerprint density at radius 3 is 2.64 bits per heavy atom. The Hall–Kier alpha value is -3.99. The Labute approximate surface area is 244 Å². The summed E-state index contributed by atoms with van der Waals surface area (Å²) < 4.78 is 18.0. The average Bonchev–Trinajstić information content (AvgIpc) is 3.56. The van der Waals surface area contributed by atoms with E-state index in [9.17, 15) is 19.7 Å². The van der Waals surface area contributed by atoms with Crippen LogP contribution in [0.1, 0.15) is 36.5 Å². The van der Waals surface area contributed by atoms with E-state index in [4.69, 9.17) is 13.8 Å². The summed E-state index contributed by atoms with van der Waals surface area (Å²) in [5.74, 6) is 0.0723. The molecule has 6 rings (SSSR count). The fourth-order valence-corrected chi connectivity index (χ4v) is 6.58. The number of furan rings is 1. The highest BCUT2D eigenvalue weighted by molar-refractivity contribution is 6.43. The number of benzene rings is 1. The zero-order valence-electron chi connectivity index (χ0n) is 23.4. The molecule has 2 aromatic heterocycles. The zero-order chi connectivity index (χ0) is 29.2. The van der Waals surface area contributed by atoms with Crippen molar-refractivity contribution in [1.29, 1.82) is 0 Å². The van der Waals surface area contributed by atoms with Crippen molar-refractivity contribution >= 4 is 30.6 Å². The third-order valence-electron chi connectivity index (χ3n) is 8.51. The molecule has 3 aromatic rings. The smallest absolute Gasteiger partial charge is 0.455 e. The summed E-state index contributed by atoms with van der Waals surface area (Å²) in [4.78, 5) is 32.1. The average molecular weight is 568 g/mol. The molecule has 42 heavy (non-hydrogen) atoms. The second kappa shape index (κ2) is 12.1. The number of amides is 2. The summed E-state index contributed by atoms with van der Waals surface area (Å²) in [5.41, 5.74) is 3.57. The number of pyridine rings is 1. The van der Waals surface area contributed by atoms with Gasteiger partial charge < -0.3 is 23.9 Å². The largest absolute Gasteiger partial charge is 0.489 e. The van der Waals surface area contributed by atoms with Gasteiger partial charge in [-0.1, -0.05) is 24.3 Å². The van der Waals surface area contributed by atoms with Gasteiger partial charge >= 0.3 is 7.12 Å². The first-order chi connectivity index (χ1) is 20.4. The van der Waals surface area contributed by atoms with Crippen molar-refractivity contribution in [3.8, 4) is 5.75 Å². The number of aliphatic hydroxyl groups is 1. The van der Waals surface area contributed by atoms with Gasteiger partial charge in [0.05, 0.1) is 23.6 Å². The summed E-state index contributed by atoms with van der Waals surface area (Å²) in [6, 6.07) is 18.7. The lowest BCUT2D eigenvalue weighted by Gasteiger charge is -2.43. The first kappa shape index (κ1) is 28.1. The maximum absolute atomic E-state index is 13.3. The molecular weight excluding hydrogens is 535 g/mol. The Kier molecular flexibility index (Phi) is 8.10. The van der Waals surface area contributed by atoms with Gasteiger partial charge in [0.2, 0.25) is 11.8 Å².